The Morgan fingerprint density at radius 3 is 2.43 bits per heavy atom. The summed E-state index contributed by atoms with van der Waals surface area (Å²) in [7, 11) is -3.51. The lowest BCUT2D eigenvalue weighted by Crippen LogP contribution is -2.50. The van der Waals surface area contributed by atoms with Crippen LogP contribution in [0, 0.1) is 0 Å². The van der Waals surface area contributed by atoms with Crippen LogP contribution in [0.3, 0.4) is 0 Å². The van der Waals surface area contributed by atoms with Crippen LogP contribution in [0.1, 0.15) is 37.0 Å². The van der Waals surface area contributed by atoms with Gasteiger partial charge in [-0.15, -0.1) is 0 Å². The van der Waals surface area contributed by atoms with Gasteiger partial charge in [-0.25, -0.2) is 13.4 Å². The molecule has 0 atom stereocenters. The molecule has 186 valence electrons. The molecule has 1 fully saturated rings. The molecular formula is C24H30N6O4S. The van der Waals surface area contributed by atoms with E-state index in [1.807, 2.05) is 39.0 Å². The first-order valence-corrected chi connectivity index (χ1v) is 13.1. The van der Waals surface area contributed by atoms with Crippen molar-refractivity contribution in [3.63, 3.8) is 0 Å². The van der Waals surface area contributed by atoms with E-state index >= 15 is 0 Å². The highest BCUT2D eigenvalue weighted by molar-refractivity contribution is 7.89. The van der Waals surface area contributed by atoms with Crippen molar-refractivity contribution in [1.82, 2.24) is 24.7 Å². The van der Waals surface area contributed by atoms with E-state index in [0.29, 0.717) is 43.1 Å². The van der Waals surface area contributed by atoms with Crippen molar-refractivity contribution in [2.24, 2.45) is 0 Å². The Balaban J connectivity index is 1.34. The Morgan fingerprint density at radius 2 is 1.77 bits per heavy atom. The molecule has 1 N–H and O–H groups in total. The van der Waals surface area contributed by atoms with Crippen molar-refractivity contribution in [3.05, 3.63) is 60.0 Å². The molecule has 4 rings (SSSR count). The molecule has 2 aromatic heterocycles. The molecule has 1 aliphatic heterocycles. The zero-order valence-electron chi connectivity index (χ0n) is 20.1. The number of carbonyl (C=O) groups excluding carboxylic acids is 1. The van der Waals surface area contributed by atoms with Gasteiger partial charge in [0.2, 0.25) is 10.0 Å². The van der Waals surface area contributed by atoms with E-state index in [9.17, 15) is 13.2 Å². The Morgan fingerprint density at radius 1 is 1.06 bits per heavy atom. The fraction of sp³-hybridized carbons (Fsp3) is 0.417. The van der Waals surface area contributed by atoms with E-state index in [4.69, 9.17) is 4.52 Å². The van der Waals surface area contributed by atoms with Crippen LogP contribution < -0.4 is 10.2 Å². The number of rotatable bonds is 7. The number of aromatic nitrogens is 3. The molecule has 3 heterocycles. The van der Waals surface area contributed by atoms with E-state index in [2.05, 4.69) is 25.3 Å². The quantitative estimate of drug-likeness (QED) is 0.527. The van der Waals surface area contributed by atoms with E-state index in [1.165, 1.54) is 4.31 Å². The lowest BCUT2D eigenvalue weighted by molar-refractivity contribution is 0.0956. The topological polar surface area (TPSA) is 122 Å². The molecule has 0 saturated carbocycles. The normalized spacial score (nSPS) is 15.2. The minimum Gasteiger partial charge on any atom is -0.354 e. The minimum absolute atomic E-state index is 0.00691. The van der Waals surface area contributed by atoms with Crippen molar-refractivity contribution in [2.75, 3.05) is 43.4 Å². The van der Waals surface area contributed by atoms with Crippen molar-refractivity contribution >= 4 is 21.7 Å². The van der Waals surface area contributed by atoms with Crippen LogP contribution >= 0.6 is 0 Å². The predicted octanol–water partition coefficient (Wildman–Crippen LogP) is 2.31. The number of carbonyl (C=O) groups is 1. The molecule has 1 amide bonds. The maximum absolute atomic E-state index is 12.9. The molecule has 3 aromatic rings. The maximum atomic E-state index is 12.9. The van der Waals surface area contributed by atoms with Gasteiger partial charge in [0, 0.05) is 44.3 Å². The molecule has 0 spiro atoms. The van der Waals surface area contributed by atoms with Gasteiger partial charge in [-0.05, 0) is 24.3 Å². The number of anilines is 1. The van der Waals surface area contributed by atoms with Crippen molar-refractivity contribution in [3.8, 4) is 11.5 Å². The lowest BCUT2D eigenvalue weighted by Gasteiger charge is -2.34. The standard InChI is InChI=1S/C24H30N6O4S/c1-24(2,3)23-27-22(34-28-23)19-9-5-4-8-18(19)21(31)26-12-17-35(32,33)30-15-13-29(14-16-30)20-10-6-7-11-25-20/h4-11H,12-17H2,1-3H3,(H,26,31). The molecule has 1 aromatic carbocycles. The summed E-state index contributed by atoms with van der Waals surface area (Å²) in [6, 6.07) is 12.6. The van der Waals surface area contributed by atoms with Crippen LogP contribution in [0.4, 0.5) is 5.82 Å². The van der Waals surface area contributed by atoms with Gasteiger partial charge in [0.1, 0.15) is 5.82 Å². The van der Waals surface area contributed by atoms with Gasteiger partial charge in [0.05, 0.1) is 16.9 Å². The molecular weight excluding hydrogens is 468 g/mol. The molecule has 10 nitrogen and oxygen atoms in total. The first-order chi connectivity index (χ1) is 16.6. The van der Waals surface area contributed by atoms with Gasteiger partial charge < -0.3 is 14.7 Å². The lowest BCUT2D eigenvalue weighted by atomic mass is 9.96. The number of piperazine rings is 1. The van der Waals surface area contributed by atoms with Crippen molar-refractivity contribution in [1.29, 1.82) is 0 Å². The number of hydrogen-bond acceptors (Lipinski definition) is 8. The summed E-state index contributed by atoms with van der Waals surface area (Å²) < 4.78 is 32.5. The number of benzene rings is 1. The summed E-state index contributed by atoms with van der Waals surface area (Å²) in [5, 5.41) is 6.75. The van der Waals surface area contributed by atoms with Crippen molar-refractivity contribution < 1.29 is 17.7 Å². The molecule has 0 aliphatic carbocycles. The van der Waals surface area contributed by atoms with Crippen LogP contribution in [-0.2, 0) is 15.4 Å². The van der Waals surface area contributed by atoms with Crippen LogP contribution in [0.5, 0.6) is 0 Å². The van der Waals surface area contributed by atoms with Gasteiger partial charge in [-0.1, -0.05) is 44.1 Å². The smallest absolute Gasteiger partial charge is 0.258 e. The average Bonchev–Trinajstić information content (AvgIpc) is 3.36. The molecule has 1 aliphatic rings. The van der Waals surface area contributed by atoms with E-state index in [0.717, 1.165) is 5.82 Å². The van der Waals surface area contributed by atoms with Gasteiger partial charge >= 0.3 is 0 Å². The maximum Gasteiger partial charge on any atom is 0.258 e. The van der Waals surface area contributed by atoms with Gasteiger partial charge in [-0.2, -0.15) is 9.29 Å². The number of nitrogens with one attached hydrogen (secondary N) is 1. The summed E-state index contributed by atoms with van der Waals surface area (Å²) >= 11 is 0. The highest BCUT2D eigenvalue weighted by atomic mass is 32.2. The fourth-order valence-electron chi connectivity index (χ4n) is 3.76. The second kappa shape index (κ2) is 10.1. The zero-order valence-corrected chi connectivity index (χ0v) is 21.0. The van der Waals surface area contributed by atoms with Gasteiger partial charge in [0.25, 0.3) is 11.8 Å². The van der Waals surface area contributed by atoms with Crippen molar-refractivity contribution in [2.45, 2.75) is 26.2 Å². The molecule has 0 bridgehead atoms. The molecule has 11 heteroatoms. The summed E-state index contributed by atoms with van der Waals surface area (Å²) in [6.45, 7) is 7.80. The second-order valence-electron chi connectivity index (χ2n) is 9.36. The monoisotopic (exact) mass is 498 g/mol. The predicted molar refractivity (Wildman–Crippen MR) is 133 cm³/mol. The SMILES string of the molecule is CC(C)(C)c1noc(-c2ccccc2C(=O)NCCS(=O)(=O)N2CCN(c3ccccn3)CC2)n1. The summed E-state index contributed by atoms with van der Waals surface area (Å²) in [5.74, 6) is 1.05. The number of amides is 1. The van der Waals surface area contributed by atoms with Crippen LogP contribution in [-0.4, -0.2) is 72.2 Å². The fourth-order valence-corrected chi connectivity index (χ4v) is 5.10. The number of hydrogen-bond donors (Lipinski definition) is 1. The first-order valence-electron chi connectivity index (χ1n) is 11.5. The first kappa shape index (κ1) is 24.8. The molecule has 1 saturated heterocycles. The highest BCUT2D eigenvalue weighted by Crippen LogP contribution is 2.26. The summed E-state index contributed by atoms with van der Waals surface area (Å²) in [6.07, 6.45) is 1.72. The highest BCUT2D eigenvalue weighted by Gasteiger charge is 2.28. The third kappa shape index (κ3) is 5.85. The van der Waals surface area contributed by atoms with E-state index < -0.39 is 15.9 Å². The Bertz CT molecular complexity index is 1260. The molecule has 0 radical (unpaired) electrons. The Labute approximate surface area is 205 Å². The number of pyridine rings is 1. The molecule has 35 heavy (non-hydrogen) atoms. The summed E-state index contributed by atoms with van der Waals surface area (Å²) in [4.78, 5) is 23.7. The third-order valence-electron chi connectivity index (χ3n) is 5.75. The summed E-state index contributed by atoms with van der Waals surface area (Å²) in [5.41, 5.74) is 0.552. The third-order valence-corrected chi connectivity index (χ3v) is 7.62. The average molecular weight is 499 g/mol. The molecule has 0 unspecified atom stereocenters. The Hall–Kier alpha value is -3.31. The zero-order chi connectivity index (χ0) is 25.1. The number of nitrogens with zero attached hydrogens (tertiary/aromatic N) is 5. The largest absolute Gasteiger partial charge is 0.354 e. The van der Waals surface area contributed by atoms with Crippen LogP contribution in [0.25, 0.3) is 11.5 Å². The van der Waals surface area contributed by atoms with E-state index in [-0.39, 0.29) is 23.6 Å². The number of sulfonamides is 1. The van der Waals surface area contributed by atoms with Crippen LogP contribution in [0.15, 0.2) is 53.2 Å². The van der Waals surface area contributed by atoms with Gasteiger partial charge in [-0.3, -0.25) is 4.79 Å². The second-order valence-corrected chi connectivity index (χ2v) is 11.5. The van der Waals surface area contributed by atoms with Crippen LogP contribution in [0.2, 0.25) is 0 Å². The van der Waals surface area contributed by atoms with E-state index in [1.54, 1.807) is 30.5 Å². The Kier molecular flexibility index (Phi) is 7.18. The van der Waals surface area contributed by atoms with Gasteiger partial charge in [0.15, 0.2) is 5.82 Å². The minimum atomic E-state index is -3.51.